The molecule has 0 unspecified atom stereocenters. The Balaban J connectivity index is 2.72. The van der Waals surface area contributed by atoms with Crippen LogP contribution in [0.4, 0.5) is 5.95 Å². The van der Waals surface area contributed by atoms with E-state index in [9.17, 15) is 4.79 Å². The quantitative estimate of drug-likeness (QED) is 0.521. The third-order valence-electron chi connectivity index (χ3n) is 1.70. The van der Waals surface area contributed by atoms with E-state index in [-0.39, 0.29) is 17.2 Å². The molecule has 70 valence electrons. The molecule has 6 heteroatoms. The lowest BCUT2D eigenvalue weighted by Gasteiger charge is -1.89. The van der Waals surface area contributed by atoms with Crippen LogP contribution in [0.3, 0.4) is 0 Å². The highest BCUT2D eigenvalue weighted by Gasteiger charge is 2.07. The van der Waals surface area contributed by atoms with Crippen LogP contribution in [-0.4, -0.2) is 19.9 Å². The fourth-order valence-corrected chi connectivity index (χ4v) is 1.15. The van der Waals surface area contributed by atoms with Gasteiger partial charge in [0, 0.05) is 0 Å². The Kier molecular flexibility index (Phi) is 1.71. The number of anilines is 1. The second-order valence-corrected chi connectivity index (χ2v) is 2.71. The van der Waals surface area contributed by atoms with Crippen molar-refractivity contribution in [1.82, 2.24) is 19.9 Å². The Morgan fingerprint density at radius 1 is 1.43 bits per heavy atom. The molecule has 2 rings (SSSR count). The van der Waals surface area contributed by atoms with Gasteiger partial charge in [0.15, 0.2) is 11.2 Å². The highest BCUT2D eigenvalue weighted by Crippen LogP contribution is 2.04. The van der Waals surface area contributed by atoms with Gasteiger partial charge >= 0.3 is 0 Å². The first-order valence-electron chi connectivity index (χ1n) is 3.88. The average molecular weight is 189 g/mol. The van der Waals surface area contributed by atoms with Crippen molar-refractivity contribution in [2.75, 3.05) is 5.73 Å². The topological polar surface area (TPSA) is 100 Å². The van der Waals surface area contributed by atoms with Crippen molar-refractivity contribution in [3.05, 3.63) is 16.2 Å². The third kappa shape index (κ3) is 1.21. The van der Waals surface area contributed by atoms with Crippen LogP contribution in [0, 0.1) is 12.3 Å². The van der Waals surface area contributed by atoms with E-state index in [4.69, 9.17) is 12.2 Å². The Hall–Kier alpha value is -2.29. The summed E-state index contributed by atoms with van der Waals surface area (Å²) in [5, 5.41) is 0. The van der Waals surface area contributed by atoms with Gasteiger partial charge < -0.3 is 10.7 Å². The number of nitrogens with zero attached hydrogens (tertiary/aromatic N) is 2. The summed E-state index contributed by atoms with van der Waals surface area (Å²) in [7, 11) is 0. The molecule has 0 aliphatic heterocycles. The molecule has 0 spiro atoms. The number of imidazole rings is 1. The summed E-state index contributed by atoms with van der Waals surface area (Å²) in [5.41, 5.74) is 5.59. The van der Waals surface area contributed by atoms with Crippen molar-refractivity contribution in [3.63, 3.8) is 0 Å². The molecule has 2 aromatic heterocycles. The normalized spacial score (nSPS) is 10.2. The maximum Gasteiger partial charge on any atom is 0.278 e. The zero-order valence-electron chi connectivity index (χ0n) is 7.16. The Morgan fingerprint density at radius 2 is 2.21 bits per heavy atom. The fourth-order valence-electron chi connectivity index (χ4n) is 1.15. The number of hydrogen-bond acceptors (Lipinski definition) is 4. The highest BCUT2D eigenvalue weighted by molar-refractivity contribution is 5.70. The first-order valence-corrected chi connectivity index (χ1v) is 3.88. The molecule has 0 amide bonds. The van der Waals surface area contributed by atoms with Crippen LogP contribution in [0.5, 0.6) is 0 Å². The summed E-state index contributed by atoms with van der Waals surface area (Å²) in [6, 6.07) is 0. The maximum atomic E-state index is 11.3. The van der Waals surface area contributed by atoms with E-state index in [1.807, 2.05) is 0 Å². The summed E-state index contributed by atoms with van der Waals surface area (Å²) in [4.78, 5) is 24.3. The Morgan fingerprint density at radius 3 is 2.93 bits per heavy atom. The molecule has 0 saturated carbocycles. The van der Waals surface area contributed by atoms with Crippen molar-refractivity contribution in [2.24, 2.45) is 0 Å². The SMILES string of the molecule is C#CCc1nc2nc(N)[nH]c(=O)c2[nH]1. The molecule has 6 nitrogen and oxygen atoms in total. The second-order valence-electron chi connectivity index (χ2n) is 2.71. The van der Waals surface area contributed by atoms with E-state index in [0.29, 0.717) is 17.8 Å². The zero-order valence-corrected chi connectivity index (χ0v) is 7.16. The molecule has 2 aromatic rings. The fraction of sp³-hybridized carbons (Fsp3) is 0.125. The number of hydrogen-bond donors (Lipinski definition) is 3. The van der Waals surface area contributed by atoms with Crippen LogP contribution in [0.2, 0.25) is 0 Å². The number of aromatic amines is 2. The summed E-state index contributed by atoms with van der Waals surface area (Å²) in [5.74, 6) is 2.99. The van der Waals surface area contributed by atoms with Gasteiger partial charge in [-0.15, -0.1) is 6.42 Å². The Labute approximate surface area is 78.6 Å². The van der Waals surface area contributed by atoms with E-state index in [1.54, 1.807) is 0 Å². The second kappa shape index (κ2) is 2.88. The zero-order chi connectivity index (χ0) is 10.1. The molecule has 0 bridgehead atoms. The average Bonchev–Trinajstić information content (AvgIpc) is 2.48. The first-order chi connectivity index (χ1) is 6.70. The number of terminal acetylenes is 1. The first kappa shape index (κ1) is 8.31. The van der Waals surface area contributed by atoms with E-state index < -0.39 is 0 Å². The number of rotatable bonds is 1. The van der Waals surface area contributed by atoms with Gasteiger partial charge in [-0.3, -0.25) is 9.78 Å². The van der Waals surface area contributed by atoms with Crippen LogP contribution in [0.25, 0.3) is 11.2 Å². The molecular weight excluding hydrogens is 182 g/mol. The van der Waals surface area contributed by atoms with Crippen LogP contribution < -0.4 is 11.3 Å². The monoisotopic (exact) mass is 189 g/mol. The Bertz CT molecular complexity index is 573. The predicted molar refractivity (Wildman–Crippen MR) is 51.5 cm³/mol. The van der Waals surface area contributed by atoms with Crippen molar-refractivity contribution >= 4 is 17.1 Å². The lowest BCUT2D eigenvalue weighted by molar-refractivity contribution is 1.09. The van der Waals surface area contributed by atoms with Crippen molar-refractivity contribution in [2.45, 2.75) is 6.42 Å². The van der Waals surface area contributed by atoms with Crippen molar-refractivity contribution in [1.29, 1.82) is 0 Å². The van der Waals surface area contributed by atoms with Gasteiger partial charge in [0.1, 0.15) is 5.82 Å². The van der Waals surface area contributed by atoms with Crippen LogP contribution in [0.15, 0.2) is 4.79 Å². The minimum Gasteiger partial charge on any atom is -0.369 e. The standard InChI is InChI=1S/C8H7N5O/c1-2-3-4-10-5-6(11-4)12-8(9)13-7(5)14/h1H,3H2,(H4,9,10,11,12,13,14). The molecule has 4 N–H and O–H groups in total. The van der Waals surface area contributed by atoms with Gasteiger partial charge in [0.2, 0.25) is 5.95 Å². The smallest absolute Gasteiger partial charge is 0.278 e. The molecular formula is C8H7N5O. The van der Waals surface area contributed by atoms with Crippen LogP contribution in [0.1, 0.15) is 5.82 Å². The molecule has 2 heterocycles. The molecule has 0 radical (unpaired) electrons. The lowest BCUT2D eigenvalue weighted by Crippen LogP contribution is -2.10. The number of nitrogens with two attached hydrogens (primary N) is 1. The summed E-state index contributed by atoms with van der Waals surface area (Å²) in [6.45, 7) is 0. The van der Waals surface area contributed by atoms with Gasteiger partial charge in [-0.05, 0) is 0 Å². The minimum absolute atomic E-state index is 0.0428. The summed E-state index contributed by atoms with van der Waals surface area (Å²) in [6.07, 6.45) is 5.44. The highest BCUT2D eigenvalue weighted by atomic mass is 16.1. The van der Waals surface area contributed by atoms with Crippen molar-refractivity contribution < 1.29 is 0 Å². The number of fused-ring (bicyclic) bond motifs is 1. The van der Waals surface area contributed by atoms with E-state index in [2.05, 4.69) is 25.9 Å². The number of H-pyrrole nitrogens is 2. The van der Waals surface area contributed by atoms with E-state index in [1.165, 1.54) is 0 Å². The molecule has 0 saturated heterocycles. The van der Waals surface area contributed by atoms with Crippen molar-refractivity contribution in [3.8, 4) is 12.3 Å². The van der Waals surface area contributed by atoms with E-state index >= 15 is 0 Å². The van der Waals surface area contributed by atoms with Gasteiger partial charge in [0.05, 0.1) is 6.42 Å². The molecule has 0 atom stereocenters. The minimum atomic E-state index is -0.344. The van der Waals surface area contributed by atoms with Crippen LogP contribution in [-0.2, 0) is 6.42 Å². The summed E-state index contributed by atoms with van der Waals surface area (Å²) < 4.78 is 0. The van der Waals surface area contributed by atoms with Gasteiger partial charge in [0.25, 0.3) is 5.56 Å². The van der Waals surface area contributed by atoms with Crippen LogP contribution >= 0.6 is 0 Å². The number of aromatic nitrogens is 4. The third-order valence-corrected chi connectivity index (χ3v) is 1.70. The molecule has 0 aliphatic rings. The molecule has 0 aromatic carbocycles. The maximum absolute atomic E-state index is 11.3. The molecule has 14 heavy (non-hydrogen) atoms. The predicted octanol–water partition coefficient (Wildman–Crippen LogP) is -0.596. The van der Waals surface area contributed by atoms with Gasteiger partial charge in [-0.2, -0.15) is 4.98 Å². The molecule has 0 aliphatic carbocycles. The lowest BCUT2D eigenvalue weighted by atomic mass is 10.4. The number of nitrogen functional groups attached to an aromatic ring is 1. The summed E-state index contributed by atoms with van der Waals surface area (Å²) >= 11 is 0. The largest absolute Gasteiger partial charge is 0.369 e. The van der Waals surface area contributed by atoms with Gasteiger partial charge in [-0.1, -0.05) is 5.92 Å². The van der Waals surface area contributed by atoms with Gasteiger partial charge in [-0.25, -0.2) is 4.98 Å². The number of nitrogens with one attached hydrogen (secondary N) is 2. The molecule has 0 fully saturated rings. The van der Waals surface area contributed by atoms with E-state index in [0.717, 1.165) is 0 Å².